The van der Waals surface area contributed by atoms with Crippen molar-refractivity contribution in [2.45, 2.75) is 11.4 Å². The fourth-order valence-corrected chi connectivity index (χ4v) is 5.03. The van der Waals surface area contributed by atoms with E-state index in [-0.39, 0.29) is 5.82 Å². The van der Waals surface area contributed by atoms with Crippen LogP contribution in [0.15, 0.2) is 102 Å². The van der Waals surface area contributed by atoms with E-state index in [1.165, 1.54) is 12.1 Å². The predicted molar refractivity (Wildman–Crippen MR) is 146 cm³/mol. The molecule has 0 aliphatic heterocycles. The van der Waals surface area contributed by atoms with Gasteiger partial charge >= 0.3 is 0 Å². The molecule has 0 radical (unpaired) electrons. The number of pyridine rings is 2. The first kappa shape index (κ1) is 23.1. The molecule has 0 spiro atoms. The van der Waals surface area contributed by atoms with Gasteiger partial charge in [-0.3, -0.25) is 9.97 Å². The van der Waals surface area contributed by atoms with E-state index in [2.05, 4.69) is 21.4 Å². The molecular formula is C29H22FN5OS. The Balaban J connectivity index is 1.53. The number of benzene rings is 3. The van der Waals surface area contributed by atoms with Gasteiger partial charge in [-0.05, 0) is 76.9 Å². The van der Waals surface area contributed by atoms with E-state index in [1.807, 2.05) is 59.5 Å². The molecule has 0 saturated carbocycles. The lowest BCUT2D eigenvalue weighted by molar-refractivity contribution is 0.601. The van der Waals surface area contributed by atoms with Gasteiger partial charge in [-0.2, -0.15) is 0 Å². The molecule has 1 atom stereocenters. The van der Waals surface area contributed by atoms with Crippen molar-refractivity contribution < 1.29 is 8.94 Å². The molecular weight excluding hydrogens is 485 g/mol. The Bertz CT molecular complexity index is 1700. The Hall–Kier alpha value is -4.27. The van der Waals surface area contributed by atoms with Crippen LogP contribution >= 0.6 is 0 Å². The summed E-state index contributed by atoms with van der Waals surface area (Å²) < 4.78 is 27.3. The Morgan fingerprint density at radius 2 is 1.68 bits per heavy atom. The third-order valence-corrected chi connectivity index (χ3v) is 7.27. The van der Waals surface area contributed by atoms with Crippen LogP contribution in [-0.4, -0.2) is 30.6 Å². The molecule has 0 aliphatic rings. The van der Waals surface area contributed by atoms with E-state index in [1.54, 1.807) is 30.8 Å². The molecule has 0 fully saturated rings. The van der Waals surface area contributed by atoms with Crippen LogP contribution in [0.4, 0.5) is 10.2 Å². The molecule has 0 aliphatic carbocycles. The number of nitrogens with one attached hydrogen (secondary N) is 1. The number of halogens is 1. The number of hydrogen-bond acceptors (Lipinski definition) is 5. The summed E-state index contributed by atoms with van der Waals surface area (Å²) in [7, 11) is 0. The van der Waals surface area contributed by atoms with Gasteiger partial charge in [0.05, 0.1) is 11.2 Å². The van der Waals surface area contributed by atoms with Gasteiger partial charge in [-0.25, -0.2) is 9.07 Å². The van der Waals surface area contributed by atoms with Crippen molar-refractivity contribution >= 4 is 38.7 Å². The van der Waals surface area contributed by atoms with Crippen LogP contribution < -0.4 is 5.32 Å². The van der Waals surface area contributed by atoms with E-state index in [0.717, 1.165) is 48.9 Å². The summed E-state index contributed by atoms with van der Waals surface area (Å²) in [6, 6.07) is 22.0. The molecule has 6 nitrogen and oxygen atoms in total. The number of rotatable bonds is 6. The molecule has 0 amide bonds. The van der Waals surface area contributed by atoms with Crippen LogP contribution in [0.25, 0.3) is 38.5 Å². The Labute approximate surface area is 216 Å². The van der Waals surface area contributed by atoms with Crippen LogP contribution in [0.1, 0.15) is 5.56 Å². The molecule has 3 heterocycles. The minimum Gasteiger partial charge on any atom is -0.612 e. The van der Waals surface area contributed by atoms with Gasteiger partial charge in [0.1, 0.15) is 12.1 Å². The summed E-state index contributed by atoms with van der Waals surface area (Å²) in [6.07, 6.45) is 8.88. The lowest BCUT2D eigenvalue weighted by atomic mass is 9.98. The topological polar surface area (TPSA) is 78.7 Å². The number of hydrogen-bond donors (Lipinski definition) is 1. The highest BCUT2D eigenvalue weighted by Gasteiger charge is 2.19. The minimum atomic E-state index is -1.02. The van der Waals surface area contributed by atoms with E-state index < -0.39 is 11.2 Å². The minimum absolute atomic E-state index is 0.303. The fourth-order valence-electron chi connectivity index (χ4n) is 4.51. The van der Waals surface area contributed by atoms with Crippen LogP contribution in [0.5, 0.6) is 0 Å². The molecule has 0 bridgehead atoms. The zero-order valence-corrected chi connectivity index (χ0v) is 20.7. The van der Waals surface area contributed by atoms with Gasteiger partial charge in [-0.1, -0.05) is 18.2 Å². The summed E-state index contributed by atoms with van der Waals surface area (Å²) in [5, 5.41) is 11.3. The van der Waals surface area contributed by atoms with E-state index >= 15 is 0 Å². The maximum Gasteiger partial charge on any atom is 0.156 e. The molecule has 182 valence electrons. The van der Waals surface area contributed by atoms with Gasteiger partial charge in [0, 0.05) is 53.1 Å². The van der Waals surface area contributed by atoms with Crippen LogP contribution in [0.3, 0.4) is 0 Å². The predicted octanol–water partition coefficient (Wildman–Crippen LogP) is 6.12. The zero-order valence-electron chi connectivity index (χ0n) is 19.9. The monoisotopic (exact) mass is 507 g/mol. The zero-order chi connectivity index (χ0) is 25.4. The fraction of sp³-hybridized carbons (Fsp3) is 0.0690. The first-order valence-electron chi connectivity index (χ1n) is 11.7. The van der Waals surface area contributed by atoms with Crippen molar-refractivity contribution in [3.05, 3.63) is 109 Å². The molecule has 6 rings (SSSR count). The summed E-state index contributed by atoms with van der Waals surface area (Å²) in [5.41, 5.74) is 4.67. The highest BCUT2D eigenvalue weighted by molar-refractivity contribution is 7.90. The van der Waals surface area contributed by atoms with Gasteiger partial charge in [-0.15, -0.1) is 5.10 Å². The second-order valence-electron chi connectivity index (χ2n) is 8.67. The first-order valence-corrected chi connectivity index (χ1v) is 13.3. The first-order chi connectivity index (χ1) is 18.1. The molecule has 3 aromatic heterocycles. The van der Waals surface area contributed by atoms with E-state index in [4.69, 9.17) is 5.10 Å². The number of fused-ring (bicyclic) bond motifs is 3. The third kappa shape index (κ3) is 4.41. The lowest BCUT2D eigenvalue weighted by Crippen LogP contribution is -2.03. The van der Waals surface area contributed by atoms with E-state index in [0.29, 0.717) is 12.4 Å². The van der Waals surface area contributed by atoms with Gasteiger partial charge in [0.15, 0.2) is 10.7 Å². The number of nitrogens with zero attached hydrogens (tertiary/aromatic N) is 4. The van der Waals surface area contributed by atoms with Crippen LogP contribution in [0.2, 0.25) is 0 Å². The highest BCUT2D eigenvalue weighted by Crippen LogP contribution is 2.38. The van der Waals surface area contributed by atoms with Crippen molar-refractivity contribution in [1.29, 1.82) is 0 Å². The summed E-state index contributed by atoms with van der Waals surface area (Å²) in [4.78, 5) is 9.49. The Kier molecular flexibility index (Phi) is 6.04. The van der Waals surface area contributed by atoms with Gasteiger partial charge < -0.3 is 9.87 Å². The molecule has 0 saturated heterocycles. The molecule has 1 unspecified atom stereocenters. The van der Waals surface area contributed by atoms with Crippen molar-refractivity contribution in [3.63, 3.8) is 0 Å². The maximum atomic E-state index is 13.7. The summed E-state index contributed by atoms with van der Waals surface area (Å²) in [6.45, 7) is 0.531. The number of aromatic nitrogens is 4. The van der Waals surface area contributed by atoms with Crippen molar-refractivity contribution in [3.8, 4) is 16.8 Å². The van der Waals surface area contributed by atoms with E-state index in [9.17, 15) is 8.94 Å². The largest absolute Gasteiger partial charge is 0.612 e. The molecule has 3 aromatic carbocycles. The van der Waals surface area contributed by atoms with Crippen molar-refractivity contribution in [1.82, 2.24) is 19.7 Å². The molecule has 8 heteroatoms. The Morgan fingerprint density at radius 1 is 0.892 bits per heavy atom. The van der Waals surface area contributed by atoms with Crippen LogP contribution in [0, 0.1) is 5.82 Å². The normalized spacial score (nSPS) is 12.2. The average molecular weight is 508 g/mol. The molecule has 1 N–H and O–H groups in total. The molecule has 37 heavy (non-hydrogen) atoms. The van der Waals surface area contributed by atoms with Crippen molar-refractivity contribution in [2.24, 2.45) is 0 Å². The maximum absolute atomic E-state index is 13.7. The van der Waals surface area contributed by atoms with Gasteiger partial charge in [0.2, 0.25) is 0 Å². The Morgan fingerprint density at radius 3 is 2.41 bits per heavy atom. The summed E-state index contributed by atoms with van der Waals surface area (Å²) >= 11 is -1.02. The van der Waals surface area contributed by atoms with Gasteiger partial charge in [0.25, 0.3) is 0 Å². The second kappa shape index (κ2) is 9.65. The van der Waals surface area contributed by atoms with Crippen LogP contribution in [-0.2, 0) is 17.7 Å². The SMILES string of the molecule is C[S+]([O-])c1ccc(CNc2nn(-c3ccc(F)cc3)c3c2cc(-c2cccnc2)c2cnccc23)cc1. The quantitative estimate of drug-likeness (QED) is 0.275. The van der Waals surface area contributed by atoms with Crippen molar-refractivity contribution in [2.75, 3.05) is 11.6 Å². The summed E-state index contributed by atoms with van der Waals surface area (Å²) in [5.74, 6) is 0.397. The average Bonchev–Trinajstić information content (AvgIpc) is 3.31. The smallest absolute Gasteiger partial charge is 0.156 e. The lowest BCUT2D eigenvalue weighted by Gasteiger charge is -2.10. The number of anilines is 1. The highest BCUT2D eigenvalue weighted by atomic mass is 32.2. The second-order valence-corrected chi connectivity index (χ2v) is 10.1. The standard InChI is InChI=1S/C29H22FN5OS/c1-37(36)23-10-4-19(5-11-23)16-33-29-26-15-25(20-3-2-13-31-17-20)27-18-32-14-12-24(27)28(26)35(34-29)22-8-6-21(30)7-9-22/h2-15,17-18H,16H2,1H3,(H,33,34). The molecule has 6 aromatic rings. The third-order valence-electron chi connectivity index (χ3n) is 6.34.